The van der Waals surface area contributed by atoms with Crippen molar-refractivity contribution in [1.82, 2.24) is 0 Å². The number of hydrogen-bond acceptors (Lipinski definition) is 2. The summed E-state index contributed by atoms with van der Waals surface area (Å²) in [6, 6.07) is 22.4. The van der Waals surface area contributed by atoms with Gasteiger partial charge in [0.05, 0.1) is 13.3 Å². The molecule has 0 saturated heterocycles. The van der Waals surface area contributed by atoms with E-state index in [9.17, 15) is 4.79 Å². The van der Waals surface area contributed by atoms with Crippen LogP contribution in [0.25, 0.3) is 10.8 Å². The monoisotopic (exact) mass is 448 g/mol. The molecule has 0 saturated carbocycles. The zero-order valence-corrected chi connectivity index (χ0v) is 20.7. The van der Waals surface area contributed by atoms with Gasteiger partial charge in [-0.2, -0.15) is 0 Å². The molecule has 172 valence electrons. The molecule has 3 aromatic rings. The van der Waals surface area contributed by atoms with Crippen LogP contribution in [0.4, 0.5) is 11.4 Å². The molecule has 0 atom stereocenters. The van der Waals surface area contributed by atoms with Gasteiger partial charge in [-0.25, -0.2) is 0 Å². The molecule has 0 fully saturated rings. The van der Waals surface area contributed by atoms with Crippen LogP contribution in [0.1, 0.15) is 45.7 Å². The zero-order chi connectivity index (χ0) is 24.3. The van der Waals surface area contributed by atoms with Crippen molar-refractivity contribution in [2.45, 2.75) is 45.4 Å². The third-order valence-electron chi connectivity index (χ3n) is 7.44. The van der Waals surface area contributed by atoms with Gasteiger partial charge in [-0.05, 0) is 41.0 Å². The number of para-hydroxylation sites is 1. The summed E-state index contributed by atoms with van der Waals surface area (Å²) in [5.74, 6) is 0.150. The van der Waals surface area contributed by atoms with Crippen molar-refractivity contribution in [2.24, 2.45) is 0 Å². The van der Waals surface area contributed by atoms with E-state index in [1.54, 1.807) is 6.92 Å². The van der Waals surface area contributed by atoms with Crippen molar-refractivity contribution in [3.63, 3.8) is 0 Å². The van der Waals surface area contributed by atoms with Crippen LogP contribution in [-0.2, 0) is 15.6 Å². The summed E-state index contributed by atoms with van der Waals surface area (Å²) in [6.07, 6.45) is 6.47. The third kappa shape index (κ3) is 3.22. The lowest BCUT2D eigenvalue weighted by molar-refractivity contribution is -0.405. The van der Waals surface area contributed by atoms with E-state index >= 15 is 0 Å². The minimum Gasteiger partial charge on any atom is -0.337 e. The molecule has 0 amide bonds. The fourth-order valence-electron chi connectivity index (χ4n) is 5.80. The van der Waals surface area contributed by atoms with Gasteiger partial charge in [-0.1, -0.05) is 88.4 Å². The molecule has 0 unspecified atom stereocenters. The van der Waals surface area contributed by atoms with E-state index in [1.165, 1.54) is 21.9 Å². The van der Waals surface area contributed by atoms with Crippen molar-refractivity contribution in [1.29, 1.82) is 0 Å². The van der Waals surface area contributed by atoms with Gasteiger partial charge < -0.3 is 4.90 Å². The molecule has 2 heterocycles. The van der Waals surface area contributed by atoms with Gasteiger partial charge in [0.2, 0.25) is 0 Å². The van der Waals surface area contributed by atoms with E-state index in [1.807, 2.05) is 4.58 Å². The molecule has 3 heteroatoms. The molecule has 0 spiro atoms. The van der Waals surface area contributed by atoms with Crippen LogP contribution in [0.3, 0.4) is 0 Å². The Morgan fingerprint density at radius 2 is 1.74 bits per heavy atom. The lowest BCUT2D eigenvalue weighted by Gasteiger charge is -2.27. The second-order valence-electron chi connectivity index (χ2n) is 10.5. The number of carbonyl (C=O) groups is 1. The number of rotatable bonds is 4. The van der Waals surface area contributed by atoms with E-state index in [2.05, 4.69) is 118 Å². The van der Waals surface area contributed by atoms with Crippen molar-refractivity contribution >= 4 is 34.6 Å². The first-order chi connectivity index (χ1) is 16.1. The van der Waals surface area contributed by atoms with Gasteiger partial charge in [0.25, 0.3) is 0 Å². The number of benzene rings is 3. The maximum absolute atomic E-state index is 12.3. The summed E-state index contributed by atoms with van der Waals surface area (Å²) in [6.45, 7) is 15.4. The SMILES string of the molecule is C=[N+]1c2ccccc2C(C)(C)[C-]1C=CC=C1N(CC(C)=O)c2ccc3ccccc3c2C1(C)C. The number of ketones is 1. The van der Waals surface area contributed by atoms with Crippen LogP contribution in [0.5, 0.6) is 0 Å². The number of anilines is 1. The van der Waals surface area contributed by atoms with Gasteiger partial charge in [0.1, 0.15) is 17.5 Å². The quantitative estimate of drug-likeness (QED) is 0.322. The number of fused-ring (bicyclic) bond motifs is 4. The van der Waals surface area contributed by atoms with E-state index in [0.717, 1.165) is 23.1 Å². The number of hydrogen-bond donors (Lipinski definition) is 0. The summed E-state index contributed by atoms with van der Waals surface area (Å²) in [7, 11) is 0. The second kappa shape index (κ2) is 7.73. The topological polar surface area (TPSA) is 23.3 Å². The average molecular weight is 449 g/mol. The largest absolute Gasteiger partial charge is 0.337 e. The number of Topliss-reactive ketones (excluding diaryl/α,β-unsaturated/α-hetero) is 1. The summed E-state index contributed by atoms with van der Waals surface area (Å²) in [5.41, 5.74) is 5.61. The predicted octanol–water partition coefficient (Wildman–Crippen LogP) is 6.83. The Hall–Kier alpha value is -3.59. The molecule has 2 aliphatic heterocycles. The molecule has 0 aromatic heterocycles. The van der Waals surface area contributed by atoms with E-state index < -0.39 is 0 Å². The number of carbonyl (C=O) groups excluding carboxylic acids is 1. The van der Waals surface area contributed by atoms with Crippen LogP contribution in [-0.4, -0.2) is 23.6 Å². The Bertz CT molecular complexity index is 1390. The molecule has 34 heavy (non-hydrogen) atoms. The van der Waals surface area contributed by atoms with Crippen molar-refractivity contribution in [2.75, 3.05) is 11.4 Å². The Morgan fingerprint density at radius 3 is 2.47 bits per heavy atom. The summed E-state index contributed by atoms with van der Waals surface area (Å²) < 4.78 is 2.04. The van der Waals surface area contributed by atoms with Gasteiger partial charge in [-0.3, -0.25) is 9.37 Å². The standard InChI is InChI=1S/C31H32N2O/c1-21(34)20-33-26-19-18-22-12-7-8-13-23(22)29(26)31(4,5)28(33)17-11-16-27-30(2,3)24-14-9-10-15-25(24)32(27)6/h7-19H,6,20H2,1-5H3. The van der Waals surface area contributed by atoms with E-state index in [0.29, 0.717) is 6.54 Å². The highest BCUT2D eigenvalue weighted by Gasteiger charge is 2.43. The van der Waals surface area contributed by atoms with Crippen LogP contribution in [0, 0.1) is 6.04 Å². The van der Waals surface area contributed by atoms with Crippen LogP contribution >= 0.6 is 0 Å². The number of nitrogens with zero attached hydrogens (tertiary/aromatic N) is 2. The van der Waals surface area contributed by atoms with E-state index in [4.69, 9.17) is 0 Å². The molecule has 0 N–H and O–H groups in total. The highest BCUT2D eigenvalue weighted by molar-refractivity contribution is 5.96. The van der Waals surface area contributed by atoms with Crippen LogP contribution in [0.2, 0.25) is 0 Å². The number of allylic oxidation sites excluding steroid dienone is 3. The molecular formula is C31H32N2O. The normalized spacial score (nSPS) is 19.3. The third-order valence-corrected chi connectivity index (χ3v) is 7.44. The Labute approximate surface area is 202 Å². The minimum absolute atomic E-state index is 0.128. The first-order valence-electron chi connectivity index (χ1n) is 11.9. The fourth-order valence-corrected chi connectivity index (χ4v) is 5.80. The first-order valence-corrected chi connectivity index (χ1v) is 11.9. The molecule has 0 radical (unpaired) electrons. The smallest absolute Gasteiger partial charge is 0.149 e. The van der Waals surface area contributed by atoms with Gasteiger partial charge in [0, 0.05) is 22.2 Å². The first kappa shape index (κ1) is 22.2. The van der Waals surface area contributed by atoms with Gasteiger partial charge >= 0.3 is 0 Å². The average Bonchev–Trinajstić information content (AvgIpc) is 3.13. The van der Waals surface area contributed by atoms with Gasteiger partial charge in [-0.15, -0.1) is 6.08 Å². The van der Waals surface area contributed by atoms with Crippen molar-refractivity contribution < 1.29 is 9.37 Å². The molecular weight excluding hydrogens is 416 g/mol. The molecule has 2 aliphatic rings. The minimum atomic E-state index is -0.237. The fraction of sp³-hybridized carbons (Fsp3) is 0.258. The van der Waals surface area contributed by atoms with Crippen LogP contribution in [0.15, 0.2) is 84.6 Å². The Balaban J connectivity index is 1.58. The van der Waals surface area contributed by atoms with Gasteiger partial charge in [0.15, 0.2) is 0 Å². The molecule has 5 rings (SSSR count). The molecule has 3 nitrogen and oxygen atoms in total. The maximum atomic E-state index is 12.3. The maximum Gasteiger partial charge on any atom is 0.149 e. The summed E-state index contributed by atoms with van der Waals surface area (Å²) in [4.78, 5) is 14.5. The van der Waals surface area contributed by atoms with Crippen LogP contribution < -0.4 is 4.90 Å². The predicted molar refractivity (Wildman–Crippen MR) is 142 cm³/mol. The van der Waals surface area contributed by atoms with E-state index in [-0.39, 0.29) is 16.6 Å². The summed E-state index contributed by atoms with van der Waals surface area (Å²) >= 11 is 0. The highest BCUT2D eigenvalue weighted by Crippen LogP contribution is 2.51. The summed E-state index contributed by atoms with van der Waals surface area (Å²) in [5, 5.41) is 2.47. The second-order valence-corrected chi connectivity index (χ2v) is 10.5. The molecule has 0 aliphatic carbocycles. The molecule has 3 aromatic carbocycles. The lowest BCUT2D eigenvalue weighted by atomic mass is 9.80. The zero-order valence-electron chi connectivity index (χ0n) is 20.7. The molecule has 0 bridgehead atoms. The highest BCUT2D eigenvalue weighted by atomic mass is 16.1. The van der Waals surface area contributed by atoms with Crippen molar-refractivity contribution in [3.8, 4) is 0 Å². The Kier molecular flexibility index (Phi) is 5.05. The Morgan fingerprint density at radius 1 is 1.03 bits per heavy atom. The van der Waals surface area contributed by atoms with Crippen molar-refractivity contribution in [3.05, 3.63) is 102 Å². The lowest BCUT2D eigenvalue weighted by Crippen LogP contribution is -2.30.